The fourth-order valence-corrected chi connectivity index (χ4v) is 2.58. The minimum atomic E-state index is -0.0635. The van der Waals surface area contributed by atoms with Crippen molar-refractivity contribution in [2.75, 3.05) is 12.3 Å². The van der Waals surface area contributed by atoms with Gasteiger partial charge < -0.3 is 11.1 Å². The Morgan fingerprint density at radius 2 is 2.12 bits per heavy atom. The molecule has 0 atom stereocenters. The molecule has 124 valence electrons. The highest BCUT2D eigenvalue weighted by Crippen LogP contribution is 2.14. The van der Waals surface area contributed by atoms with Gasteiger partial charge in [0, 0.05) is 41.8 Å². The Balaban J connectivity index is 1.67. The van der Waals surface area contributed by atoms with E-state index in [-0.39, 0.29) is 18.3 Å². The molecule has 3 N–H and O–H groups in total. The smallest absolute Gasteiger partial charge is 0.254 e. The van der Waals surface area contributed by atoms with Gasteiger partial charge in [0.2, 0.25) is 11.9 Å². The second-order valence-corrected chi connectivity index (χ2v) is 5.54. The molecule has 24 heavy (non-hydrogen) atoms. The third-order valence-corrected chi connectivity index (χ3v) is 3.83. The van der Waals surface area contributed by atoms with E-state index in [2.05, 4.69) is 25.4 Å². The molecule has 8 heteroatoms. The van der Waals surface area contributed by atoms with Crippen LogP contribution in [0.4, 0.5) is 5.95 Å². The normalized spacial score (nSPS) is 10.9. The number of anilines is 1. The lowest BCUT2D eigenvalue weighted by atomic mass is 10.1. The van der Waals surface area contributed by atoms with Gasteiger partial charge >= 0.3 is 0 Å². The zero-order valence-corrected chi connectivity index (χ0v) is 13.7. The highest BCUT2D eigenvalue weighted by Gasteiger charge is 2.15. The van der Waals surface area contributed by atoms with Gasteiger partial charge in [0.25, 0.3) is 5.78 Å². The summed E-state index contributed by atoms with van der Waals surface area (Å²) in [5.74, 6) is 0.551. The number of nitrogen functional groups attached to an aromatic ring is 1. The predicted molar refractivity (Wildman–Crippen MR) is 89.3 cm³/mol. The molecule has 0 saturated carbocycles. The van der Waals surface area contributed by atoms with Gasteiger partial charge in [-0.1, -0.05) is 6.07 Å². The molecule has 0 aliphatic rings. The summed E-state index contributed by atoms with van der Waals surface area (Å²) in [5.41, 5.74) is 8.98. The summed E-state index contributed by atoms with van der Waals surface area (Å²) in [4.78, 5) is 24.9. The molecule has 0 saturated heterocycles. The van der Waals surface area contributed by atoms with Crippen LogP contribution in [0, 0.1) is 13.8 Å². The number of aryl methyl sites for hydroxylation is 2. The number of pyridine rings is 1. The van der Waals surface area contributed by atoms with E-state index < -0.39 is 0 Å². The van der Waals surface area contributed by atoms with Crippen molar-refractivity contribution in [2.45, 2.75) is 26.7 Å². The second kappa shape index (κ2) is 6.61. The first-order valence-electron chi connectivity index (χ1n) is 7.69. The minimum absolute atomic E-state index is 0.0635. The van der Waals surface area contributed by atoms with Gasteiger partial charge in [0.1, 0.15) is 0 Å². The van der Waals surface area contributed by atoms with E-state index in [1.165, 1.54) is 0 Å². The summed E-state index contributed by atoms with van der Waals surface area (Å²) in [6, 6.07) is 5.74. The molecule has 8 nitrogen and oxygen atoms in total. The number of nitrogens with two attached hydrogens (primary N) is 1. The quantitative estimate of drug-likeness (QED) is 0.711. The lowest BCUT2D eigenvalue weighted by Crippen LogP contribution is -2.28. The fraction of sp³-hybridized carbons (Fsp3) is 0.312. The van der Waals surface area contributed by atoms with E-state index in [1.54, 1.807) is 10.7 Å². The topological polar surface area (TPSA) is 111 Å². The van der Waals surface area contributed by atoms with Gasteiger partial charge in [0.05, 0.1) is 6.42 Å². The van der Waals surface area contributed by atoms with Gasteiger partial charge in [0.15, 0.2) is 0 Å². The first-order valence-corrected chi connectivity index (χ1v) is 7.69. The molecule has 0 aliphatic carbocycles. The Morgan fingerprint density at radius 3 is 2.88 bits per heavy atom. The highest BCUT2D eigenvalue weighted by atomic mass is 16.1. The Bertz CT molecular complexity index is 873. The van der Waals surface area contributed by atoms with E-state index in [9.17, 15) is 4.79 Å². The number of nitrogens with one attached hydrogen (secondary N) is 1. The molecule has 0 bridgehead atoms. The Morgan fingerprint density at radius 1 is 1.29 bits per heavy atom. The van der Waals surface area contributed by atoms with E-state index >= 15 is 0 Å². The average Bonchev–Trinajstić information content (AvgIpc) is 2.93. The summed E-state index contributed by atoms with van der Waals surface area (Å²) in [6.07, 6.45) is 2.68. The van der Waals surface area contributed by atoms with E-state index in [1.807, 2.05) is 32.0 Å². The lowest BCUT2D eigenvalue weighted by molar-refractivity contribution is -0.120. The molecule has 3 aromatic heterocycles. The average molecular weight is 325 g/mol. The molecule has 3 heterocycles. The number of amides is 1. The van der Waals surface area contributed by atoms with E-state index in [0.717, 1.165) is 22.6 Å². The molecule has 0 fully saturated rings. The molecule has 0 aromatic carbocycles. The summed E-state index contributed by atoms with van der Waals surface area (Å²) >= 11 is 0. The van der Waals surface area contributed by atoms with Crippen LogP contribution in [0.25, 0.3) is 5.78 Å². The van der Waals surface area contributed by atoms with Crippen molar-refractivity contribution in [1.82, 2.24) is 29.9 Å². The Kier molecular flexibility index (Phi) is 4.37. The molecule has 0 unspecified atom stereocenters. The molecule has 0 spiro atoms. The summed E-state index contributed by atoms with van der Waals surface area (Å²) < 4.78 is 1.57. The Hall–Kier alpha value is -3.03. The minimum Gasteiger partial charge on any atom is -0.366 e. The third kappa shape index (κ3) is 3.32. The van der Waals surface area contributed by atoms with Crippen molar-refractivity contribution >= 4 is 17.6 Å². The number of rotatable bonds is 5. The van der Waals surface area contributed by atoms with Crippen LogP contribution in [-0.4, -0.2) is 37.0 Å². The van der Waals surface area contributed by atoms with E-state index in [0.29, 0.717) is 18.7 Å². The number of aromatic nitrogens is 5. The van der Waals surface area contributed by atoms with Gasteiger partial charge in [-0.15, -0.1) is 5.10 Å². The maximum Gasteiger partial charge on any atom is 0.254 e. The summed E-state index contributed by atoms with van der Waals surface area (Å²) in [7, 11) is 0. The first-order chi connectivity index (χ1) is 11.5. The van der Waals surface area contributed by atoms with Crippen LogP contribution in [0.1, 0.15) is 22.6 Å². The maximum absolute atomic E-state index is 12.2. The zero-order chi connectivity index (χ0) is 17.1. The third-order valence-electron chi connectivity index (χ3n) is 3.83. The summed E-state index contributed by atoms with van der Waals surface area (Å²) in [5, 5.41) is 7.02. The second-order valence-electron chi connectivity index (χ2n) is 5.54. The SMILES string of the molecule is Cc1nc2nc(N)nn2c(C)c1CC(=O)NCCc1ccccn1. The van der Waals surface area contributed by atoms with Crippen molar-refractivity contribution in [2.24, 2.45) is 0 Å². The van der Waals surface area contributed by atoms with Crippen LogP contribution in [-0.2, 0) is 17.6 Å². The van der Waals surface area contributed by atoms with E-state index in [4.69, 9.17) is 5.73 Å². The monoisotopic (exact) mass is 325 g/mol. The predicted octanol–water partition coefficient (Wildman–Crippen LogP) is 0.620. The molecule has 0 radical (unpaired) electrons. The number of carbonyl (C=O) groups excluding carboxylic acids is 1. The van der Waals surface area contributed by atoms with Crippen molar-refractivity contribution in [3.05, 3.63) is 47.0 Å². The number of hydrogen-bond acceptors (Lipinski definition) is 6. The van der Waals surface area contributed by atoms with Crippen molar-refractivity contribution in [3.8, 4) is 0 Å². The lowest BCUT2D eigenvalue weighted by Gasteiger charge is -2.10. The molecule has 1 amide bonds. The molecule has 3 rings (SSSR count). The van der Waals surface area contributed by atoms with Crippen molar-refractivity contribution in [1.29, 1.82) is 0 Å². The molecule has 0 aliphatic heterocycles. The van der Waals surface area contributed by atoms with Crippen LogP contribution in [0.3, 0.4) is 0 Å². The molecular formula is C16H19N7O. The molecule has 3 aromatic rings. The Labute approximate surface area is 139 Å². The highest BCUT2D eigenvalue weighted by molar-refractivity contribution is 5.79. The van der Waals surface area contributed by atoms with Gasteiger partial charge in [-0.3, -0.25) is 9.78 Å². The standard InChI is InChI=1S/C16H19N7O/c1-10-13(11(2)23-16(20-10)21-15(17)22-23)9-14(24)19-8-6-12-5-3-4-7-18-12/h3-5,7H,6,8-9H2,1-2H3,(H2,17,22)(H,19,24). The largest absolute Gasteiger partial charge is 0.366 e. The number of nitrogens with zero attached hydrogens (tertiary/aromatic N) is 5. The van der Waals surface area contributed by atoms with Crippen molar-refractivity contribution < 1.29 is 4.79 Å². The number of carbonyl (C=O) groups is 1. The van der Waals surface area contributed by atoms with Crippen LogP contribution in [0.5, 0.6) is 0 Å². The molecular weight excluding hydrogens is 306 g/mol. The number of hydrogen-bond donors (Lipinski definition) is 2. The van der Waals surface area contributed by atoms with Crippen LogP contribution < -0.4 is 11.1 Å². The van der Waals surface area contributed by atoms with Crippen LogP contribution in [0.15, 0.2) is 24.4 Å². The zero-order valence-electron chi connectivity index (χ0n) is 13.7. The van der Waals surface area contributed by atoms with Crippen LogP contribution >= 0.6 is 0 Å². The van der Waals surface area contributed by atoms with Gasteiger partial charge in [-0.05, 0) is 26.0 Å². The number of fused-ring (bicyclic) bond motifs is 1. The van der Waals surface area contributed by atoms with Gasteiger partial charge in [-0.25, -0.2) is 4.98 Å². The summed E-state index contributed by atoms with van der Waals surface area (Å²) in [6.45, 7) is 4.28. The maximum atomic E-state index is 12.2. The van der Waals surface area contributed by atoms with Crippen LogP contribution in [0.2, 0.25) is 0 Å². The first kappa shape index (κ1) is 15.9. The van der Waals surface area contributed by atoms with Crippen molar-refractivity contribution in [3.63, 3.8) is 0 Å². The fourth-order valence-electron chi connectivity index (χ4n) is 2.58. The van der Waals surface area contributed by atoms with Gasteiger partial charge in [-0.2, -0.15) is 9.50 Å².